The molecule has 0 fully saturated rings. The molecule has 0 unspecified atom stereocenters. The molecule has 0 bridgehead atoms. The molecule has 2 aromatic carbocycles. The fourth-order valence-corrected chi connectivity index (χ4v) is 4.77. The van der Waals surface area contributed by atoms with E-state index in [-0.39, 0.29) is 11.7 Å². The van der Waals surface area contributed by atoms with E-state index in [1.54, 1.807) is 36.0 Å². The molecule has 3 rings (SSSR count). The molecular formula is C21H19Cl3N4OS2. The molecule has 0 saturated heterocycles. The third-order valence-electron chi connectivity index (χ3n) is 4.08. The van der Waals surface area contributed by atoms with Gasteiger partial charge in [-0.1, -0.05) is 70.8 Å². The van der Waals surface area contributed by atoms with Crippen LogP contribution in [0.25, 0.3) is 0 Å². The summed E-state index contributed by atoms with van der Waals surface area (Å²) in [6.45, 7) is 4.37. The quantitative estimate of drug-likeness (QED) is 0.245. The molecule has 0 radical (unpaired) electrons. The Morgan fingerprint density at radius 3 is 2.61 bits per heavy atom. The molecule has 1 heterocycles. The van der Waals surface area contributed by atoms with Crippen molar-refractivity contribution < 1.29 is 4.79 Å². The number of benzene rings is 2. The van der Waals surface area contributed by atoms with Gasteiger partial charge in [0, 0.05) is 17.3 Å². The molecular weight excluding hydrogens is 495 g/mol. The Morgan fingerprint density at radius 1 is 1.10 bits per heavy atom. The minimum Gasteiger partial charge on any atom is -0.324 e. The first-order valence-electron chi connectivity index (χ1n) is 9.19. The van der Waals surface area contributed by atoms with Gasteiger partial charge in [-0.05, 0) is 29.8 Å². The first-order valence-corrected chi connectivity index (χ1v) is 12.5. The van der Waals surface area contributed by atoms with Crippen molar-refractivity contribution in [3.05, 3.63) is 81.6 Å². The fourth-order valence-electron chi connectivity index (χ4n) is 2.60. The topological polar surface area (TPSA) is 59.8 Å². The van der Waals surface area contributed by atoms with Crippen LogP contribution in [0.15, 0.2) is 60.3 Å². The predicted octanol–water partition coefficient (Wildman–Crippen LogP) is 6.59. The van der Waals surface area contributed by atoms with Gasteiger partial charge in [-0.15, -0.1) is 28.5 Å². The second-order valence-corrected chi connectivity index (χ2v) is 9.51. The van der Waals surface area contributed by atoms with E-state index >= 15 is 0 Å². The highest BCUT2D eigenvalue weighted by Gasteiger charge is 2.15. The molecule has 1 amide bonds. The second kappa shape index (κ2) is 11.8. The maximum absolute atomic E-state index is 12.4. The van der Waals surface area contributed by atoms with Gasteiger partial charge < -0.3 is 9.88 Å². The van der Waals surface area contributed by atoms with Gasteiger partial charge in [-0.25, -0.2) is 0 Å². The maximum Gasteiger partial charge on any atom is 0.234 e. The monoisotopic (exact) mass is 512 g/mol. The van der Waals surface area contributed by atoms with E-state index in [0.29, 0.717) is 33.2 Å². The van der Waals surface area contributed by atoms with Gasteiger partial charge in [-0.3, -0.25) is 4.79 Å². The van der Waals surface area contributed by atoms with Gasteiger partial charge in [0.1, 0.15) is 5.82 Å². The van der Waals surface area contributed by atoms with Crippen molar-refractivity contribution in [2.24, 2.45) is 0 Å². The van der Waals surface area contributed by atoms with E-state index in [4.69, 9.17) is 34.8 Å². The average molecular weight is 514 g/mol. The number of rotatable bonds is 10. The Kier molecular flexibility index (Phi) is 9.16. The summed E-state index contributed by atoms with van der Waals surface area (Å²) in [5.74, 6) is 2.31. The van der Waals surface area contributed by atoms with Crippen LogP contribution in [-0.2, 0) is 22.8 Å². The number of nitrogens with one attached hydrogen (secondary N) is 1. The lowest BCUT2D eigenvalue weighted by Crippen LogP contribution is -2.15. The summed E-state index contributed by atoms with van der Waals surface area (Å²) < 4.78 is 1.96. The van der Waals surface area contributed by atoms with Crippen LogP contribution < -0.4 is 5.32 Å². The van der Waals surface area contributed by atoms with Crippen LogP contribution in [0.3, 0.4) is 0 Å². The lowest BCUT2D eigenvalue weighted by Gasteiger charge is -2.09. The van der Waals surface area contributed by atoms with Gasteiger partial charge in [0.05, 0.1) is 27.2 Å². The zero-order chi connectivity index (χ0) is 22.2. The van der Waals surface area contributed by atoms with Crippen molar-refractivity contribution in [3.63, 3.8) is 0 Å². The zero-order valence-electron chi connectivity index (χ0n) is 16.4. The highest BCUT2D eigenvalue weighted by atomic mass is 35.5. The van der Waals surface area contributed by atoms with Gasteiger partial charge in [-0.2, -0.15) is 0 Å². The first-order chi connectivity index (χ1) is 15.0. The van der Waals surface area contributed by atoms with Crippen molar-refractivity contribution in [2.45, 2.75) is 23.2 Å². The van der Waals surface area contributed by atoms with Crippen LogP contribution in [0.1, 0.15) is 11.4 Å². The van der Waals surface area contributed by atoms with Crippen LogP contribution in [0.4, 0.5) is 5.69 Å². The van der Waals surface area contributed by atoms with Crippen molar-refractivity contribution >= 4 is 69.9 Å². The molecule has 10 heteroatoms. The maximum atomic E-state index is 12.4. The first kappa shape index (κ1) is 24.0. The second-order valence-electron chi connectivity index (χ2n) is 6.36. The van der Waals surface area contributed by atoms with E-state index in [9.17, 15) is 4.79 Å². The summed E-state index contributed by atoms with van der Waals surface area (Å²) in [7, 11) is 0. The number of hydrogen-bond donors (Lipinski definition) is 1. The number of thioether (sulfide) groups is 2. The highest BCUT2D eigenvalue weighted by molar-refractivity contribution is 7.99. The molecule has 5 nitrogen and oxygen atoms in total. The number of aromatic nitrogens is 3. The number of carbonyl (C=O) groups is 1. The Labute approximate surface area is 204 Å². The molecule has 1 N–H and O–H groups in total. The Morgan fingerprint density at radius 2 is 1.87 bits per heavy atom. The number of carbonyl (C=O) groups excluding carboxylic acids is 1. The number of hydrogen-bond acceptors (Lipinski definition) is 5. The average Bonchev–Trinajstić information content (AvgIpc) is 3.13. The molecule has 0 saturated carbocycles. The van der Waals surface area contributed by atoms with Crippen molar-refractivity contribution in [1.82, 2.24) is 14.8 Å². The highest BCUT2D eigenvalue weighted by Crippen LogP contribution is 2.30. The van der Waals surface area contributed by atoms with Crippen LogP contribution in [0.2, 0.25) is 15.1 Å². The zero-order valence-corrected chi connectivity index (χ0v) is 20.3. The summed E-state index contributed by atoms with van der Waals surface area (Å²) in [5, 5.41) is 13.4. The van der Waals surface area contributed by atoms with Gasteiger partial charge in [0.15, 0.2) is 5.16 Å². The van der Waals surface area contributed by atoms with E-state index < -0.39 is 0 Å². The number of halogens is 3. The Balaban J connectivity index is 1.57. The molecule has 0 aliphatic heterocycles. The molecule has 3 aromatic rings. The van der Waals surface area contributed by atoms with Gasteiger partial charge in [0.25, 0.3) is 0 Å². The Bertz CT molecular complexity index is 1060. The van der Waals surface area contributed by atoms with E-state index in [1.807, 2.05) is 28.8 Å². The van der Waals surface area contributed by atoms with Crippen molar-refractivity contribution in [2.75, 3.05) is 11.1 Å². The summed E-state index contributed by atoms with van der Waals surface area (Å²) in [5.41, 5.74) is 1.67. The summed E-state index contributed by atoms with van der Waals surface area (Å²) in [6, 6.07) is 12.9. The molecule has 0 spiro atoms. The summed E-state index contributed by atoms with van der Waals surface area (Å²) in [4.78, 5) is 12.4. The summed E-state index contributed by atoms with van der Waals surface area (Å²) in [6.07, 6.45) is 1.78. The third kappa shape index (κ3) is 6.92. The van der Waals surface area contributed by atoms with Gasteiger partial charge in [0.2, 0.25) is 5.91 Å². The lowest BCUT2D eigenvalue weighted by molar-refractivity contribution is -0.113. The van der Waals surface area contributed by atoms with Gasteiger partial charge >= 0.3 is 0 Å². The Hall–Kier alpha value is -1.64. The minimum absolute atomic E-state index is 0.163. The van der Waals surface area contributed by atoms with Crippen LogP contribution in [0, 0.1) is 0 Å². The molecule has 31 heavy (non-hydrogen) atoms. The largest absolute Gasteiger partial charge is 0.324 e. The van der Waals surface area contributed by atoms with Crippen LogP contribution >= 0.6 is 58.3 Å². The predicted molar refractivity (Wildman–Crippen MR) is 132 cm³/mol. The third-order valence-corrected chi connectivity index (χ3v) is 7.11. The smallest absolute Gasteiger partial charge is 0.234 e. The van der Waals surface area contributed by atoms with Crippen LogP contribution in [0.5, 0.6) is 0 Å². The SMILES string of the molecule is C=CCn1c(CSCc2ccc(Cl)cc2)nnc1SCC(=O)Nc1cccc(Cl)c1Cl. The van der Waals surface area contributed by atoms with Crippen molar-refractivity contribution in [3.8, 4) is 0 Å². The number of allylic oxidation sites excluding steroid dienone is 1. The van der Waals surface area contributed by atoms with Crippen LogP contribution in [-0.4, -0.2) is 26.4 Å². The molecule has 1 aromatic heterocycles. The summed E-state index contributed by atoms with van der Waals surface area (Å²) >= 11 is 21.1. The lowest BCUT2D eigenvalue weighted by atomic mass is 10.2. The molecule has 0 aliphatic rings. The number of amides is 1. The van der Waals surface area contributed by atoms with E-state index in [2.05, 4.69) is 22.1 Å². The van der Waals surface area contributed by atoms with Crippen molar-refractivity contribution in [1.29, 1.82) is 0 Å². The molecule has 0 atom stereocenters. The molecule has 162 valence electrons. The normalized spacial score (nSPS) is 10.8. The van der Waals surface area contributed by atoms with E-state index in [0.717, 1.165) is 16.6 Å². The fraction of sp³-hybridized carbons (Fsp3) is 0.190. The molecule has 0 aliphatic carbocycles. The minimum atomic E-state index is -0.207. The van der Waals surface area contributed by atoms with E-state index in [1.165, 1.54) is 17.3 Å². The number of nitrogens with zero attached hydrogens (tertiary/aromatic N) is 3. The standard InChI is InChI=1S/C21H19Cl3N4OS2/c1-2-10-28-18(12-30-11-14-6-8-15(22)9-7-14)26-27-21(28)31-13-19(29)25-17-5-3-4-16(23)20(17)24/h2-9H,1,10-13H2,(H,25,29). The number of anilines is 1.